The normalized spacial score (nSPS) is 18.6. The topological polar surface area (TPSA) is 62.1 Å². The third-order valence-corrected chi connectivity index (χ3v) is 8.75. The molecule has 6 heteroatoms. The number of fused-ring (bicyclic) bond motifs is 3. The highest BCUT2D eigenvalue weighted by molar-refractivity contribution is 6.08. The van der Waals surface area contributed by atoms with E-state index in [4.69, 9.17) is 18.9 Å². The van der Waals surface area contributed by atoms with Gasteiger partial charge >= 0.3 is 0 Å². The summed E-state index contributed by atoms with van der Waals surface area (Å²) in [5.74, 6) is 1.52. The molecule has 6 nitrogen and oxygen atoms in total. The summed E-state index contributed by atoms with van der Waals surface area (Å²) in [4.78, 5) is 0. The van der Waals surface area contributed by atoms with E-state index in [1.54, 1.807) is 14.2 Å². The third-order valence-electron chi connectivity index (χ3n) is 8.75. The van der Waals surface area contributed by atoms with E-state index in [-0.39, 0.29) is 12.8 Å². The van der Waals surface area contributed by atoms with Crippen LogP contribution >= 0.6 is 0 Å². The summed E-state index contributed by atoms with van der Waals surface area (Å²) in [7, 11) is 3.32. The Kier molecular flexibility index (Phi) is 7.56. The Morgan fingerprint density at radius 1 is 0.659 bits per heavy atom. The van der Waals surface area contributed by atoms with Crippen molar-refractivity contribution in [3.8, 4) is 11.5 Å². The molecule has 2 heterocycles. The van der Waals surface area contributed by atoms with Crippen molar-refractivity contribution >= 4 is 21.8 Å². The number of benzene rings is 5. The molecule has 0 saturated carbocycles. The molecule has 1 aliphatic heterocycles. The summed E-state index contributed by atoms with van der Waals surface area (Å²) in [5, 5.41) is 13.7. The van der Waals surface area contributed by atoms with Gasteiger partial charge in [-0.1, -0.05) is 91.0 Å². The van der Waals surface area contributed by atoms with Gasteiger partial charge < -0.3 is 28.6 Å². The van der Waals surface area contributed by atoms with E-state index in [9.17, 15) is 5.11 Å². The smallest absolute Gasteiger partial charge is 0.143 e. The fourth-order valence-corrected chi connectivity index (χ4v) is 6.57. The van der Waals surface area contributed by atoms with E-state index >= 15 is 0 Å². The highest BCUT2D eigenvalue weighted by Crippen LogP contribution is 2.43. The number of rotatable bonds is 9. The minimum atomic E-state index is -0.992. The Balaban J connectivity index is 1.27. The average molecular weight is 586 g/mol. The quantitative estimate of drug-likeness (QED) is 0.178. The first-order valence-corrected chi connectivity index (χ1v) is 14.9. The molecule has 1 aromatic heterocycles. The van der Waals surface area contributed by atoms with Crippen molar-refractivity contribution in [1.29, 1.82) is 0 Å². The standard InChI is InChI=1S/C38H35NO5/c1-41-29-20-16-27(17-21-29)38(26-10-4-3-5-11-26,28-18-22-30(42-2)23-19-28)43-25-36-35(40)24-37(44-36)39-33-14-8-6-12-31(33)32-13-7-9-15-34(32)39/h3-23,35-37,40H,24-25H2,1-2H3/t35-,36+,37+/m0/s1. The van der Waals surface area contributed by atoms with Crippen LogP contribution in [0.15, 0.2) is 127 Å². The van der Waals surface area contributed by atoms with Crippen molar-refractivity contribution in [3.63, 3.8) is 0 Å². The fraction of sp³-hybridized carbons (Fsp3) is 0.211. The van der Waals surface area contributed by atoms with Crippen molar-refractivity contribution in [2.45, 2.75) is 30.5 Å². The lowest BCUT2D eigenvalue weighted by Gasteiger charge is -2.37. The molecule has 0 radical (unpaired) electrons. The maximum Gasteiger partial charge on any atom is 0.143 e. The molecule has 1 saturated heterocycles. The van der Waals surface area contributed by atoms with Crippen molar-refractivity contribution in [3.05, 3.63) is 144 Å². The Bertz CT molecular complexity index is 1760. The molecule has 1 fully saturated rings. The highest BCUT2D eigenvalue weighted by atomic mass is 16.6. The van der Waals surface area contributed by atoms with Gasteiger partial charge in [-0.15, -0.1) is 0 Å². The molecule has 1 N–H and O–H groups in total. The van der Waals surface area contributed by atoms with Crippen LogP contribution in [0.25, 0.3) is 21.8 Å². The molecule has 5 aromatic carbocycles. The summed E-state index contributed by atoms with van der Waals surface area (Å²) in [6, 6.07) is 42.8. The van der Waals surface area contributed by atoms with E-state index in [0.717, 1.165) is 39.2 Å². The van der Waals surface area contributed by atoms with E-state index < -0.39 is 17.8 Å². The van der Waals surface area contributed by atoms with Crippen LogP contribution in [0.3, 0.4) is 0 Å². The minimum Gasteiger partial charge on any atom is -0.497 e. The first kappa shape index (κ1) is 28.2. The molecular weight excluding hydrogens is 550 g/mol. The van der Waals surface area contributed by atoms with Crippen LogP contribution in [-0.2, 0) is 15.1 Å². The van der Waals surface area contributed by atoms with Gasteiger partial charge in [0.25, 0.3) is 0 Å². The molecular formula is C38H35NO5. The molecule has 222 valence electrons. The van der Waals surface area contributed by atoms with Crippen LogP contribution in [-0.4, -0.2) is 42.7 Å². The predicted octanol–water partition coefficient (Wildman–Crippen LogP) is 7.47. The zero-order valence-corrected chi connectivity index (χ0v) is 24.8. The van der Waals surface area contributed by atoms with Crippen molar-refractivity contribution in [2.24, 2.45) is 0 Å². The van der Waals surface area contributed by atoms with Gasteiger partial charge in [0.2, 0.25) is 0 Å². The molecule has 0 aliphatic carbocycles. The molecule has 0 unspecified atom stereocenters. The lowest BCUT2D eigenvalue weighted by molar-refractivity contribution is -0.0923. The maximum absolute atomic E-state index is 11.4. The summed E-state index contributed by atoms with van der Waals surface area (Å²) in [6.07, 6.45) is -1.13. The van der Waals surface area contributed by atoms with Gasteiger partial charge in [0.1, 0.15) is 29.4 Å². The summed E-state index contributed by atoms with van der Waals surface area (Å²) in [6.45, 7) is 0.168. The van der Waals surface area contributed by atoms with Gasteiger partial charge in [-0.25, -0.2) is 0 Å². The van der Waals surface area contributed by atoms with Crippen LogP contribution in [0.5, 0.6) is 11.5 Å². The Labute approximate surface area is 257 Å². The monoisotopic (exact) mass is 585 g/mol. The van der Waals surface area contributed by atoms with Crippen LogP contribution in [0, 0.1) is 0 Å². The maximum atomic E-state index is 11.4. The molecule has 3 atom stereocenters. The second-order valence-electron chi connectivity index (χ2n) is 11.2. The number of nitrogens with zero attached hydrogens (tertiary/aromatic N) is 1. The fourth-order valence-electron chi connectivity index (χ4n) is 6.57. The number of aliphatic hydroxyl groups excluding tert-OH is 1. The Hall–Kier alpha value is -4.62. The van der Waals surface area contributed by atoms with E-state index in [0.29, 0.717) is 6.42 Å². The molecule has 1 aliphatic rings. The van der Waals surface area contributed by atoms with Gasteiger partial charge in [-0.3, -0.25) is 0 Å². The number of hydrogen-bond acceptors (Lipinski definition) is 5. The van der Waals surface area contributed by atoms with Crippen molar-refractivity contribution in [2.75, 3.05) is 20.8 Å². The summed E-state index contributed by atoms with van der Waals surface area (Å²) < 4.78 is 26.9. The second-order valence-corrected chi connectivity index (χ2v) is 11.2. The van der Waals surface area contributed by atoms with Gasteiger partial charge in [0.15, 0.2) is 0 Å². The number of ether oxygens (including phenoxy) is 4. The first-order valence-electron chi connectivity index (χ1n) is 14.9. The number of hydrogen-bond donors (Lipinski definition) is 1. The largest absolute Gasteiger partial charge is 0.497 e. The zero-order chi connectivity index (χ0) is 30.1. The third kappa shape index (κ3) is 4.81. The number of para-hydroxylation sites is 2. The average Bonchev–Trinajstić information content (AvgIpc) is 3.62. The van der Waals surface area contributed by atoms with Gasteiger partial charge in [-0.05, 0) is 53.1 Å². The molecule has 6 aromatic rings. The minimum absolute atomic E-state index is 0.168. The molecule has 0 bridgehead atoms. The number of methoxy groups -OCH3 is 2. The van der Waals surface area contributed by atoms with E-state index in [1.807, 2.05) is 78.9 Å². The summed E-state index contributed by atoms with van der Waals surface area (Å²) in [5.41, 5.74) is 4.00. The highest BCUT2D eigenvalue weighted by Gasteiger charge is 2.42. The predicted molar refractivity (Wildman–Crippen MR) is 172 cm³/mol. The molecule has 7 rings (SSSR count). The lowest BCUT2D eigenvalue weighted by atomic mass is 9.80. The molecule has 0 amide bonds. The molecule has 44 heavy (non-hydrogen) atoms. The molecule has 0 spiro atoms. The Morgan fingerprint density at radius 2 is 1.14 bits per heavy atom. The van der Waals surface area contributed by atoms with Crippen LogP contribution in [0.2, 0.25) is 0 Å². The van der Waals surface area contributed by atoms with E-state index in [1.165, 1.54) is 10.8 Å². The van der Waals surface area contributed by atoms with Gasteiger partial charge in [0.05, 0.1) is 38.0 Å². The van der Waals surface area contributed by atoms with Crippen molar-refractivity contribution < 1.29 is 24.1 Å². The van der Waals surface area contributed by atoms with Crippen LogP contribution in [0.4, 0.5) is 0 Å². The second kappa shape index (κ2) is 11.8. The SMILES string of the molecule is COc1ccc(C(OC[C@H]2O[C@@H](n3c4ccccc4c4ccccc43)C[C@@H]2O)(c2ccccc2)c2ccc(OC)cc2)cc1. The first-order chi connectivity index (χ1) is 21.6. The van der Waals surface area contributed by atoms with Crippen LogP contribution in [0.1, 0.15) is 29.3 Å². The van der Waals surface area contributed by atoms with E-state index in [2.05, 4.69) is 53.1 Å². The van der Waals surface area contributed by atoms with Gasteiger partial charge in [-0.2, -0.15) is 0 Å². The van der Waals surface area contributed by atoms with Crippen molar-refractivity contribution in [1.82, 2.24) is 4.57 Å². The van der Waals surface area contributed by atoms with Crippen LogP contribution < -0.4 is 9.47 Å². The number of aromatic nitrogens is 1. The summed E-state index contributed by atoms with van der Waals surface area (Å²) >= 11 is 0. The lowest BCUT2D eigenvalue weighted by Crippen LogP contribution is -2.38. The number of aliphatic hydroxyl groups is 1. The Morgan fingerprint density at radius 3 is 1.66 bits per heavy atom. The zero-order valence-electron chi connectivity index (χ0n) is 24.8. The van der Waals surface area contributed by atoms with Gasteiger partial charge in [0, 0.05) is 17.2 Å².